The molecule has 2 N–H and O–H groups in total. The summed E-state index contributed by atoms with van der Waals surface area (Å²) in [6.07, 6.45) is -0.340. The topological polar surface area (TPSA) is 119 Å². The van der Waals surface area contributed by atoms with Crippen LogP contribution in [0.4, 0.5) is 0 Å². The SMILES string of the molecule is COc1ccc(S(=O)(=O)CCC(=O)N[C@H](C(=O)O)C(C)C)cc1OC. The largest absolute Gasteiger partial charge is 0.493 e. The minimum Gasteiger partial charge on any atom is -0.493 e. The quantitative estimate of drug-likeness (QED) is 0.665. The van der Waals surface area contributed by atoms with Gasteiger partial charge in [0.25, 0.3) is 0 Å². The third-order valence-electron chi connectivity index (χ3n) is 3.56. The summed E-state index contributed by atoms with van der Waals surface area (Å²) in [5.41, 5.74) is 0. The van der Waals surface area contributed by atoms with E-state index in [1.165, 1.54) is 32.4 Å². The van der Waals surface area contributed by atoms with E-state index in [4.69, 9.17) is 14.6 Å². The number of sulfone groups is 1. The van der Waals surface area contributed by atoms with Crippen molar-refractivity contribution >= 4 is 21.7 Å². The van der Waals surface area contributed by atoms with Crippen LogP contribution in [0.15, 0.2) is 23.1 Å². The lowest BCUT2D eigenvalue weighted by atomic mass is 10.0. The molecule has 0 bridgehead atoms. The maximum Gasteiger partial charge on any atom is 0.326 e. The van der Waals surface area contributed by atoms with Gasteiger partial charge >= 0.3 is 5.97 Å². The van der Waals surface area contributed by atoms with Crippen molar-refractivity contribution in [2.75, 3.05) is 20.0 Å². The van der Waals surface area contributed by atoms with Crippen LogP contribution in [0.5, 0.6) is 11.5 Å². The van der Waals surface area contributed by atoms with Crippen LogP contribution in [-0.2, 0) is 19.4 Å². The Morgan fingerprint density at radius 3 is 2.24 bits per heavy atom. The van der Waals surface area contributed by atoms with Crippen LogP contribution in [0.25, 0.3) is 0 Å². The Morgan fingerprint density at radius 1 is 1.16 bits per heavy atom. The molecule has 0 aromatic heterocycles. The summed E-state index contributed by atoms with van der Waals surface area (Å²) < 4.78 is 34.9. The number of carbonyl (C=O) groups is 2. The van der Waals surface area contributed by atoms with E-state index >= 15 is 0 Å². The zero-order valence-electron chi connectivity index (χ0n) is 14.6. The fraction of sp³-hybridized carbons (Fsp3) is 0.500. The molecule has 0 heterocycles. The van der Waals surface area contributed by atoms with Crippen molar-refractivity contribution in [1.29, 1.82) is 0 Å². The summed E-state index contributed by atoms with van der Waals surface area (Å²) in [6.45, 7) is 3.30. The van der Waals surface area contributed by atoms with Crippen LogP contribution in [0, 0.1) is 5.92 Å². The minimum absolute atomic E-state index is 0.00315. The van der Waals surface area contributed by atoms with Gasteiger partial charge in [0.15, 0.2) is 21.3 Å². The number of nitrogens with one attached hydrogen (secondary N) is 1. The molecule has 0 aliphatic carbocycles. The highest BCUT2D eigenvalue weighted by atomic mass is 32.2. The molecule has 0 radical (unpaired) electrons. The highest BCUT2D eigenvalue weighted by Crippen LogP contribution is 2.29. The van der Waals surface area contributed by atoms with Crippen molar-refractivity contribution in [2.45, 2.75) is 31.2 Å². The van der Waals surface area contributed by atoms with Gasteiger partial charge in [-0.15, -0.1) is 0 Å². The number of amides is 1. The number of carboxylic acid groups (broad SMARTS) is 1. The van der Waals surface area contributed by atoms with E-state index in [9.17, 15) is 18.0 Å². The second-order valence-electron chi connectivity index (χ2n) is 5.71. The van der Waals surface area contributed by atoms with Crippen LogP contribution in [0.2, 0.25) is 0 Å². The maximum atomic E-state index is 12.4. The molecule has 140 valence electrons. The fourth-order valence-corrected chi connectivity index (χ4v) is 3.37. The molecule has 0 spiro atoms. The Balaban J connectivity index is 2.82. The molecule has 1 aromatic rings. The van der Waals surface area contributed by atoms with Gasteiger partial charge in [0.05, 0.1) is 24.9 Å². The van der Waals surface area contributed by atoms with Gasteiger partial charge in [-0.25, -0.2) is 13.2 Å². The van der Waals surface area contributed by atoms with E-state index in [0.29, 0.717) is 5.75 Å². The summed E-state index contributed by atoms with van der Waals surface area (Å²) >= 11 is 0. The van der Waals surface area contributed by atoms with Crippen LogP contribution >= 0.6 is 0 Å². The molecule has 0 saturated heterocycles. The zero-order chi connectivity index (χ0) is 19.2. The number of hydrogen-bond acceptors (Lipinski definition) is 6. The van der Waals surface area contributed by atoms with Gasteiger partial charge in [0, 0.05) is 12.5 Å². The molecule has 9 heteroatoms. The van der Waals surface area contributed by atoms with Gasteiger partial charge in [-0.05, 0) is 18.1 Å². The molecule has 8 nitrogen and oxygen atoms in total. The van der Waals surface area contributed by atoms with Crippen molar-refractivity contribution in [2.24, 2.45) is 5.92 Å². The van der Waals surface area contributed by atoms with Crippen LogP contribution in [-0.4, -0.2) is 51.4 Å². The number of ether oxygens (including phenoxy) is 2. The first-order chi connectivity index (χ1) is 11.6. The normalized spacial score (nSPS) is 12.5. The molecule has 0 aliphatic heterocycles. The highest BCUT2D eigenvalue weighted by Gasteiger charge is 2.25. The first-order valence-corrected chi connectivity index (χ1v) is 9.24. The lowest BCUT2D eigenvalue weighted by molar-refractivity contribution is -0.143. The minimum atomic E-state index is -3.73. The lowest BCUT2D eigenvalue weighted by Crippen LogP contribution is -2.44. The molecule has 1 amide bonds. The van der Waals surface area contributed by atoms with Crippen molar-refractivity contribution in [1.82, 2.24) is 5.32 Å². The molecule has 1 atom stereocenters. The van der Waals surface area contributed by atoms with Crippen LogP contribution in [0.1, 0.15) is 20.3 Å². The van der Waals surface area contributed by atoms with Crippen LogP contribution < -0.4 is 14.8 Å². The molecular formula is C16H23NO7S. The smallest absolute Gasteiger partial charge is 0.326 e. The van der Waals surface area contributed by atoms with E-state index in [-0.39, 0.29) is 23.0 Å². The predicted octanol–water partition coefficient (Wildman–Crippen LogP) is 1.09. The Bertz CT molecular complexity index is 728. The van der Waals surface area contributed by atoms with Crippen molar-refractivity contribution in [3.05, 3.63) is 18.2 Å². The van der Waals surface area contributed by atoms with E-state index in [2.05, 4.69) is 5.32 Å². The summed E-state index contributed by atoms with van der Waals surface area (Å²) in [4.78, 5) is 22.9. The lowest BCUT2D eigenvalue weighted by Gasteiger charge is -2.17. The van der Waals surface area contributed by atoms with Gasteiger partial charge in [-0.3, -0.25) is 4.79 Å². The predicted molar refractivity (Wildman–Crippen MR) is 90.6 cm³/mol. The third-order valence-corrected chi connectivity index (χ3v) is 5.27. The number of rotatable bonds is 9. The van der Waals surface area contributed by atoms with E-state index in [1.807, 2.05) is 0 Å². The number of carboxylic acids is 1. The van der Waals surface area contributed by atoms with Gasteiger partial charge in [0.2, 0.25) is 5.91 Å². The molecule has 0 unspecified atom stereocenters. The molecule has 0 aliphatic rings. The molecule has 1 rings (SSSR count). The number of hydrogen-bond donors (Lipinski definition) is 2. The van der Waals surface area contributed by atoms with E-state index in [0.717, 1.165) is 0 Å². The summed E-state index contributed by atoms with van der Waals surface area (Å²) in [6, 6.07) is 3.09. The highest BCUT2D eigenvalue weighted by molar-refractivity contribution is 7.91. The van der Waals surface area contributed by atoms with E-state index < -0.39 is 33.5 Å². The number of methoxy groups -OCH3 is 2. The van der Waals surface area contributed by atoms with E-state index in [1.54, 1.807) is 13.8 Å². The monoisotopic (exact) mass is 373 g/mol. The standard InChI is InChI=1S/C16H23NO7S/c1-10(2)15(16(19)20)17-14(18)7-8-25(21,22)11-5-6-12(23-3)13(9-11)24-4/h5-6,9-10,15H,7-8H2,1-4H3,(H,17,18)(H,19,20)/t15-/m0/s1. The Kier molecular flexibility index (Phi) is 7.22. The summed E-state index contributed by atoms with van der Waals surface area (Å²) in [7, 11) is -0.910. The summed E-state index contributed by atoms with van der Waals surface area (Å²) in [5, 5.41) is 11.4. The molecule has 25 heavy (non-hydrogen) atoms. The van der Waals surface area contributed by atoms with Crippen molar-refractivity contribution < 1.29 is 32.6 Å². The molecule has 0 fully saturated rings. The van der Waals surface area contributed by atoms with Gasteiger partial charge in [0.1, 0.15) is 6.04 Å². The maximum absolute atomic E-state index is 12.4. The Morgan fingerprint density at radius 2 is 1.76 bits per heavy atom. The molecule has 0 saturated carbocycles. The average molecular weight is 373 g/mol. The average Bonchev–Trinajstić information content (AvgIpc) is 2.56. The number of carbonyl (C=O) groups excluding carboxylic acids is 1. The second-order valence-corrected chi connectivity index (χ2v) is 7.82. The first kappa shape index (κ1) is 20.8. The first-order valence-electron chi connectivity index (χ1n) is 7.59. The number of aliphatic carboxylic acids is 1. The summed E-state index contributed by atoms with van der Waals surface area (Å²) in [5.74, 6) is -1.90. The molecule has 1 aromatic carbocycles. The van der Waals surface area contributed by atoms with Crippen molar-refractivity contribution in [3.63, 3.8) is 0 Å². The number of benzene rings is 1. The third kappa shape index (κ3) is 5.63. The van der Waals surface area contributed by atoms with Crippen LogP contribution in [0.3, 0.4) is 0 Å². The zero-order valence-corrected chi connectivity index (χ0v) is 15.4. The van der Waals surface area contributed by atoms with Gasteiger partial charge < -0.3 is 19.9 Å². The fourth-order valence-electron chi connectivity index (χ4n) is 2.11. The second kappa shape index (κ2) is 8.70. The van der Waals surface area contributed by atoms with Gasteiger partial charge in [-0.1, -0.05) is 13.8 Å². The van der Waals surface area contributed by atoms with Crippen molar-refractivity contribution in [3.8, 4) is 11.5 Å². The van der Waals surface area contributed by atoms with Gasteiger partial charge in [-0.2, -0.15) is 0 Å². The Hall–Kier alpha value is -2.29. The molecular weight excluding hydrogens is 350 g/mol. The Labute approximate surface area is 147 Å².